The van der Waals surface area contributed by atoms with E-state index in [1.165, 1.54) is 0 Å². The van der Waals surface area contributed by atoms with Crippen LogP contribution in [-0.4, -0.2) is 38.0 Å². The second kappa shape index (κ2) is 6.45. The Hall–Kier alpha value is -1.71. The average Bonchev–Trinajstić information content (AvgIpc) is 2.34. The SMILES string of the molecule is CCN(CC(C)C)C(=O)c1cc(N)ccc1N(C)C. The maximum absolute atomic E-state index is 12.6. The molecule has 0 fully saturated rings. The van der Waals surface area contributed by atoms with Crippen molar-refractivity contribution in [3.63, 3.8) is 0 Å². The van der Waals surface area contributed by atoms with E-state index in [0.717, 1.165) is 12.2 Å². The topological polar surface area (TPSA) is 49.6 Å². The fourth-order valence-electron chi connectivity index (χ4n) is 2.08. The number of anilines is 2. The van der Waals surface area contributed by atoms with Gasteiger partial charge in [-0.15, -0.1) is 0 Å². The summed E-state index contributed by atoms with van der Waals surface area (Å²) >= 11 is 0. The van der Waals surface area contributed by atoms with Crippen LogP contribution in [0.15, 0.2) is 18.2 Å². The summed E-state index contributed by atoms with van der Waals surface area (Å²) in [6, 6.07) is 5.48. The molecule has 1 aromatic rings. The number of nitrogens with zero attached hydrogens (tertiary/aromatic N) is 2. The first-order chi connectivity index (χ1) is 8.86. The molecule has 1 rings (SSSR count). The smallest absolute Gasteiger partial charge is 0.256 e. The average molecular weight is 263 g/mol. The Morgan fingerprint density at radius 1 is 1.32 bits per heavy atom. The van der Waals surface area contributed by atoms with Crippen LogP contribution < -0.4 is 10.6 Å². The van der Waals surface area contributed by atoms with Crippen LogP contribution in [0, 0.1) is 5.92 Å². The van der Waals surface area contributed by atoms with Crippen LogP contribution in [0.4, 0.5) is 11.4 Å². The third-order valence-corrected chi connectivity index (χ3v) is 2.99. The minimum absolute atomic E-state index is 0.0483. The van der Waals surface area contributed by atoms with E-state index in [1.807, 2.05) is 43.0 Å². The van der Waals surface area contributed by atoms with E-state index < -0.39 is 0 Å². The second-order valence-corrected chi connectivity index (χ2v) is 5.41. The summed E-state index contributed by atoms with van der Waals surface area (Å²) in [5, 5.41) is 0. The van der Waals surface area contributed by atoms with Crippen molar-refractivity contribution in [3.8, 4) is 0 Å². The molecule has 0 aliphatic rings. The lowest BCUT2D eigenvalue weighted by Crippen LogP contribution is -2.35. The van der Waals surface area contributed by atoms with Gasteiger partial charge in [0.15, 0.2) is 0 Å². The molecule has 1 amide bonds. The molecule has 19 heavy (non-hydrogen) atoms. The van der Waals surface area contributed by atoms with E-state index >= 15 is 0 Å². The van der Waals surface area contributed by atoms with Gasteiger partial charge in [-0.2, -0.15) is 0 Å². The number of rotatable bonds is 5. The van der Waals surface area contributed by atoms with Crippen molar-refractivity contribution in [2.75, 3.05) is 37.8 Å². The molecule has 1 aromatic carbocycles. The zero-order valence-corrected chi connectivity index (χ0v) is 12.6. The summed E-state index contributed by atoms with van der Waals surface area (Å²) < 4.78 is 0. The second-order valence-electron chi connectivity index (χ2n) is 5.41. The lowest BCUT2D eigenvalue weighted by atomic mass is 10.1. The van der Waals surface area contributed by atoms with Crippen LogP contribution in [-0.2, 0) is 0 Å². The molecule has 4 heteroatoms. The van der Waals surface area contributed by atoms with Crippen LogP contribution in [0.5, 0.6) is 0 Å². The van der Waals surface area contributed by atoms with Gasteiger partial charge in [-0.3, -0.25) is 4.79 Å². The predicted octanol–water partition coefficient (Wildman–Crippen LogP) is 2.45. The Labute approximate surface area is 116 Å². The summed E-state index contributed by atoms with van der Waals surface area (Å²) in [5.74, 6) is 0.500. The van der Waals surface area contributed by atoms with E-state index in [9.17, 15) is 4.79 Å². The molecular weight excluding hydrogens is 238 g/mol. The highest BCUT2D eigenvalue weighted by molar-refractivity contribution is 6.00. The van der Waals surface area contributed by atoms with Crippen molar-refractivity contribution in [2.45, 2.75) is 20.8 Å². The number of amides is 1. The molecule has 2 N–H and O–H groups in total. The maximum atomic E-state index is 12.6. The van der Waals surface area contributed by atoms with Crippen molar-refractivity contribution < 1.29 is 4.79 Å². The van der Waals surface area contributed by atoms with Crippen LogP contribution in [0.3, 0.4) is 0 Å². The Balaban J connectivity index is 3.12. The zero-order valence-electron chi connectivity index (χ0n) is 12.6. The van der Waals surface area contributed by atoms with E-state index in [2.05, 4.69) is 13.8 Å². The fourth-order valence-corrected chi connectivity index (χ4v) is 2.08. The summed E-state index contributed by atoms with van der Waals surface area (Å²) in [5.41, 5.74) is 8.02. The lowest BCUT2D eigenvalue weighted by Gasteiger charge is -2.26. The minimum atomic E-state index is 0.0483. The Kier molecular flexibility index (Phi) is 5.21. The number of carbonyl (C=O) groups excluding carboxylic acids is 1. The molecule has 4 nitrogen and oxygen atoms in total. The first kappa shape index (κ1) is 15.3. The molecule has 0 atom stereocenters. The molecule has 0 bridgehead atoms. The third-order valence-electron chi connectivity index (χ3n) is 2.99. The maximum Gasteiger partial charge on any atom is 0.256 e. The summed E-state index contributed by atoms with van der Waals surface area (Å²) in [6.45, 7) is 7.70. The highest BCUT2D eigenvalue weighted by atomic mass is 16.2. The number of benzene rings is 1. The van der Waals surface area contributed by atoms with Crippen LogP contribution in [0.2, 0.25) is 0 Å². The molecule has 0 heterocycles. The van der Waals surface area contributed by atoms with Crippen molar-refractivity contribution in [3.05, 3.63) is 23.8 Å². The Morgan fingerprint density at radius 3 is 2.42 bits per heavy atom. The molecule has 106 valence electrons. The standard InChI is InChI=1S/C15H25N3O/c1-6-18(10-11(2)3)15(19)13-9-12(16)7-8-14(13)17(4)5/h7-9,11H,6,10,16H2,1-5H3. The predicted molar refractivity (Wildman–Crippen MR) is 81.6 cm³/mol. The van der Waals surface area contributed by atoms with Crippen LogP contribution in [0.1, 0.15) is 31.1 Å². The molecular formula is C15H25N3O. The van der Waals surface area contributed by atoms with Gasteiger partial charge < -0.3 is 15.5 Å². The number of hydrogen-bond donors (Lipinski definition) is 1. The molecule has 0 saturated heterocycles. The van der Waals surface area contributed by atoms with Gasteiger partial charge in [0.2, 0.25) is 0 Å². The van der Waals surface area contributed by atoms with Gasteiger partial charge in [-0.1, -0.05) is 13.8 Å². The molecule has 0 aliphatic carbocycles. The largest absolute Gasteiger partial charge is 0.399 e. The van der Waals surface area contributed by atoms with Gasteiger partial charge in [0.05, 0.1) is 5.56 Å². The monoisotopic (exact) mass is 263 g/mol. The van der Waals surface area contributed by atoms with Crippen LogP contribution in [0.25, 0.3) is 0 Å². The highest BCUT2D eigenvalue weighted by Gasteiger charge is 2.19. The quantitative estimate of drug-likeness (QED) is 0.830. The number of carbonyl (C=O) groups is 1. The molecule has 0 spiro atoms. The van der Waals surface area contributed by atoms with Gasteiger partial charge >= 0.3 is 0 Å². The Bertz CT molecular complexity index is 441. The van der Waals surface area contributed by atoms with E-state index in [0.29, 0.717) is 23.7 Å². The molecule has 0 saturated carbocycles. The van der Waals surface area contributed by atoms with E-state index in [1.54, 1.807) is 6.07 Å². The summed E-state index contributed by atoms with van der Waals surface area (Å²) in [7, 11) is 3.86. The highest BCUT2D eigenvalue weighted by Crippen LogP contribution is 2.23. The van der Waals surface area contributed by atoms with Crippen molar-refractivity contribution in [1.82, 2.24) is 4.90 Å². The van der Waals surface area contributed by atoms with Gasteiger partial charge in [0, 0.05) is 38.6 Å². The van der Waals surface area contributed by atoms with Crippen molar-refractivity contribution in [2.24, 2.45) is 5.92 Å². The number of nitrogens with two attached hydrogens (primary N) is 1. The van der Waals surface area contributed by atoms with E-state index in [4.69, 9.17) is 5.73 Å². The summed E-state index contributed by atoms with van der Waals surface area (Å²) in [6.07, 6.45) is 0. The Morgan fingerprint density at radius 2 is 1.95 bits per heavy atom. The van der Waals surface area contributed by atoms with Crippen LogP contribution >= 0.6 is 0 Å². The van der Waals surface area contributed by atoms with Gasteiger partial charge in [-0.05, 0) is 31.0 Å². The number of hydrogen-bond acceptors (Lipinski definition) is 3. The summed E-state index contributed by atoms with van der Waals surface area (Å²) in [4.78, 5) is 16.4. The molecule has 0 aromatic heterocycles. The number of nitrogen functional groups attached to an aromatic ring is 1. The van der Waals surface area contributed by atoms with Gasteiger partial charge in [0.25, 0.3) is 5.91 Å². The first-order valence-corrected chi connectivity index (χ1v) is 6.72. The molecule has 0 unspecified atom stereocenters. The normalized spacial score (nSPS) is 10.6. The lowest BCUT2D eigenvalue weighted by molar-refractivity contribution is 0.0746. The third kappa shape index (κ3) is 3.88. The van der Waals surface area contributed by atoms with Gasteiger partial charge in [0.1, 0.15) is 0 Å². The minimum Gasteiger partial charge on any atom is -0.399 e. The first-order valence-electron chi connectivity index (χ1n) is 6.72. The molecule has 0 radical (unpaired) electrons. The van der Waals surface area contributed by atoms with E-state index in [-0.39, 0.29) is 5.91 Å². The zero-order chi connectivity index (χ0) is 14.6. The van der Waals surface area contributed by atoms with Crippen molar-refractivity contribution >= 4 is 17.3 Å². The van der Waals surface area contributed by atoms with Crippen molar-refractivity contribution in [1.29, 1.82) is 0 Å². The molecule has 0 aliphatic heterocycles. The fraction of sp³-hybridized carbons (Fsp3) is 0.533. The van der Waals surface area contributed by atoms with Gasteiger partial charge in [-0.25, -0.2) is 0 Å².